The van der Waals surface area contributed by atoms with Crippen molar-refractivity contribution in [2.45, 2.75) is 40.0 Å². The van der Waals surface area contributed by atoms with Crippen molar-refractivity contribution in [1.82, 2.24) is 0 Å². The molecule has 2 rings (SSSR count). The second-order valence-corrected chi connectivity index (χ2v) is 7.44. The van der Waals surface area contributed by atoms with E-state index in [2.05, 4.69) is 38.2 Å². The van der Waals surface area contributed by atoms with Crippen LogP contribution in [0.4, 0.5) is 5.69 Å². The molecule has 0 aliphatic carbocycles. The van der Waals surface area contributed by atoms with E-state index in [1.807, 2.05) is 19.1 Å². The summed E-state index contributed by atoms with van der Waals surface area (Å²) < 4.78 is 4.98. The second-order valence-electron chi connectivity index (χ2n) is 7.44. The molecule has 0 fully saturated rings. The molecule has 2 aromatic rings. The number of esters is 1. The summed E-state index contributed by atoms with van der Waals surface area (Å²) in [5.41, 5.74) is 4.26. The first kappa shape index (κ1) is 20.4. The minimum Gasteiger partial charge on any atom is -0.462 e. The highest BCUT2D eigenvalue weighted by atomic mass is 16.5. The molecule has 0 aliphatic rings. The van der Waals surface area contributed by atoms with Crippen LogP contribution in [0.25, 0.3) is 6.08 Å². The summed E-state index contributed by atoms with van der Waals surface area (Å²) in [5.74, 6) is -0.584. The van der Waals surface area contributed by atoms with E-state index in [-0.39, 0.29) is 17.3 Å². The first-order valence-electron chi connectivity index (χ1n) is 9.08. The van der Waals surface area contributed by atoms with E-state index < -0.39 is 0 Å². The number of rotatable bonds is 5. The summed E-state index contributed by atoms with van der Waals surface area (Å²) in [6, 6.07) is 13.2. The normalized spacial score (nSPS) is 11.4. The van der Waals surface area contributed by atoms with Crippen LogP contribution in [0.1, 0.15) is 54.7 Å². The molecule has 0 saturated carbocycles. The number of hydrogen-bond donors (Lipinski definition) is 1. The molecule has 27 heavy (non-hydrogen) atoms. The van der Waals surface area contributed by atoms with Crippen LogP contribution < -0.4 is 5.32 Å². The highest BCUT2D eigenvalue weighted by Gasteiger charge is 2.12. The fourth-order valence-corrected chi connectivity index (χ4v) is 2.59. The number of nitrogens with one attached hydrogen (secondary N) is 1. The molecule has 0 bridgehead atoms. The van der Waals surface area contributed by atoms with Crippen LogP contribution in [0.5, 0.6) is 0 Å². The molecule has 0 saturated heterocycles. The molecule has 0 spiro atoms. The molecule has 0 heterocycles. The van der Waals surface area contributed by atoms with Crippen LogP contribution in [0.15, 0.2) is 48.5 Å². The summed E-state index contributed by atoms with van der Waals surface area (Å²) in [5, 5.41) is 2.84. The van der Waals surface area contributed by atoms with Crippen molar-refractivity contribution in [3.63, 3.8) is 0 Å². The van der Waals surface area contributed by atoms with Gasteiger partial charge in [-0.05, 0) is 60.2 Å². The lowest BCUT2D eigenvalue weighted by molar-refractivity contribution is -0.111. The topological polar surface area (TPSA) is 55.4 Å². The van der Waals surface area contributed by atoms with Gasteiger partial charge in [0, 0.05) is 11.8 Å². The predicted octanol–water partition coefficient (Wildman–Crippen LogP) is 5.12. The van der Waals surface area contributed by atoms with Crippen molar-refractivity contribution < 1.29 is 14.3 Å². The van der Waals surface area contributed by atoms with Gasteiger partial charge in [0.05, 0.1) is 12.2 Å². The number of aryl methyl sites for hydroxylation is 1. The van der Waals surface area contributed by atoms with Crippen LogP contribution in [0.2, 0.25) is 0 Å². The Hall–Kier alpha value is -2.88. The van der Waals surface area contributed by atoms with Gasteiger partial charge in [-0.15, -0.1) is 0 Å². The van der Waals surface area contributed by atoms with Gasteiger partial charge in [0.25, 0.3) is 0 Å². The lowest BCUT2D eigenvalue weighted by atomic mass is 9.87. The predicted molar refractivity (Wildman–Crippen MR) is 110 cm³/mol. The molecule has 0 aromatic heterocycles. The molecule has 0 radical (unpaired) electrons. The monoisotopic (exact) mass is 365 g/mol. The molecule has 2 aromatic carbocycles. The summed E-state index contributed by atoms with van der Waals surface area (Å²) >= 11 is 0. The van der Waals surface area contributed by atoms with E-state index in [1.54, 1.807) is 31.2 Å². The Morgan fingerprint density at radius 1 is 1.07 bits per heavy atom. The van der Waals surface area contributed by atoms with E-state index >= 15 is 0 Å². The maximum Gasteiger partial charge on any atom is 0.338 e. The Kier molecular flexibility index (Phi) is 6.56. The molecule has 0 aliphatic heterocycles. The van der Waals surface area contributed by atoms with E-state index in [1.165, 1.54) is 11.6 Å². The molecule has 0 unspecified atom stereocenters. The molecule has 142 valence electrons. The molecule has 1 N–H and O–H groups in total. The average Bonchev–Trinajstić information content (AvgIpc) is 2.61. The van der Waals surface area contributed by atoms with Gasteiger partial charge in [0.15, 0.2) is 0 Å². The Bertz CT molecular complexity index is 843. The Balaban J connectivity index is 2.03. The van der Waals surface area contributed by atoms with Crippen molar-refractivity contribution >= 4 is 23.6 Å². The lowest BCUT2D eigenvalue weighted by Gasteiger charge is -2.18. The standard InChI is InChI=1S/C23H27NO3/c1-6-27-22(26)18-10-13-20(16(2)15-18)24-21(25)14-9-17-7-11-19(12-8-17)23(3,4)5/h7-15H,6H2,1-5H3,(H,24,25)/b14-9+. The summed E-state index contributed by atoms with van der Waals surface area (Å²) in [7, 11) is 0. The number of benzene rings is 2. The van der Waals surface area contributed by atoms with Gasteiger partial charge in [0.2, 0.25) is 5.91 Å². The summed E-state index contributed by atoms with van der Waals surface area (Å²) in [6.07, 6.45) is 3.29. The van der Waals surface area contributed by atoms with E-state index in [4.69, 9.17) is 4.74 Å². The quantitative estimate of drug-likeness (QED) is 0.591. The minimum atomic E-state index is -0.364. The molecular weight excluding hydrogens is 338 g/mol. The fourth-order valence-electron chi connectivity index (χ4n) is 2.59. The van der Waals surface area contributed by atoms with Crippen molar-refractivity contribution in [1.29, 1.82) is 0 Å². The molecular formula is C23H27NO3. The Morgan fingerprint density at radius 3 is 2.30 bits per heavy atom. The van der Waals surface area contributed by atoms with E-state index in [0.29, 0.717) is 17.9 Å². The van der Waals surface area contributed by atoms with Crippen molar-refractivity contribution in [2.75, 3.05) is 11.9 Å². The van der Waals surface area contributed by atoms with Crippen molar-refractivity contribution in [3.05, 3.63) is 70.8 Å². The van der Waals surface area contributed by atoms with Crippen molar-refractivity contribution in [3.8, 4) is 0 Å². The van der Waals surface area contributed by atoms with E-state index in [9.17, 15) is 9.59 Å². The third kappa shape index (κ3) is 5.81. The highest BCUT2D eigenvalue weighted by molar-refractivity contribution is 6.02. The first-order valence-corrected chi connectivity index (χ1v) is 9.08. The Morgan fingerprint density at radius 2 is 1.74 bits per heavy atom. The second kappa shape index (κ2) is 8.67. The molecule has 4 nitrogen and oxygen atoms in total. The maximum absolute atomic E-state index is 12.2. The third-order valence-electron chi connectivity index (χ3n) is 4.20. The number of hydrogen-bond acceptors (Lipinski definition) is 3. The van der Waals surface area contributed by atoms with Gasteiger partial charge in [-0.1, -0.05) is 45.0 Å². The molecule has 0 atom stereocenters. The van der Waals surface area contributed by atoms with Crippen LogP contribution in [0.3, 0.4) is 0 Å². The SMILES string of the molecule is CCOC(=O)c1ccc(NC(=O)/C=C/c2ccc(C(C)(C)C)cc2)c(C)c1. The zero-order chi connectivity index (χ0) is 20.0. The lowest BCUT2D eigenvalue weighted by Crippen LogP contribution is -2.11. The van der Waals surface area contributed by atoms with Crippen LogP contribution >= 0.6 is 0 Å². The molecule has 4 heteroatoms. The number of amides is 1. The van der Waals surface area contributed by atoms with Crippen LogP contribution in [-0.2, 0) is 14.9 Å². The van der Waals surface area contributed by atoms with Crippen LogP contribution in [-0.4, -0.2) is 18.5 Å². The summed E-state index contributed by atoms with van der Waals surface area (Å²) in [6.45, 7) is 10.4. The summed E-state index contributed by atoms with van der Waals surface area (Å²) in [4.78, 5) is 24.0. The smallest absolute Gasteiger partial charge is 0.338 e. The fraction of sp³-hybridized carbons (Fsp3) is 0.304. The van der Waals surface area contributed by atoms with Crippen molar-refractivity contribution in [2.24, 2.45) is 0 Å². The van der Waals surface area contributed by atoms with E-state index in [0.717, 1.165) is 11.1 Å². The van der Waals surface area contributed by atoms with Gasteiger partial charge in [-0.3, -0.25) is 4.79 Å². The number of carbonyl (C=O) groups is 2. The van der Waals surface area contributed by atoms with Gasteiger partial charge in [0.1, 0.15) is 0 Å². The maximum atomic E-state index is 12.2. The zero-order valence-corrected chi connectivity index (χ0v) is 16.6. The number of ether oxygens (including phenoxy) is 1. The minimum absolute atomic E-state index is 0.104. The zero-order valence-electron chi connectivity index (χ0n) is 16.6. The van der Waals surface area contributed by atoms with Crippen LogP contribution in [0, 0.1) is 6.92 Å². The Labute approximate surface area is 161 Å². The number of anilines is 1. The average molecular weight is 365 g/mol. The first-order chi connectivity index (χ1) is 12.7. The third-order valence-corrected chi connectivity index (χ3v) is 4.20. The highest BCUT2D eigenvalue weighted by Crippen LogP contribution is 2.22. The van der Waals surface area contributed by atoms with Gasteiger partial charge < -0.3 is 10.1 Å². The van der Waals surface area contributed by atoms with Gasteiger partial charge in [-0.25, -0.2) is 4.79 Å². The van der Waals surface area contributed by atoms with Gasteiger partial charge >= 0.3 is 5.97 Å². The molecule has 1 amide bonds. The van der Waals surface area contributed by atoms with Gasteiger partial charge in [-0.2, -0.15) is 0 Å². The largest absolute Gasteiger partial charge is 0.462 e. The number of carbonyl (C=O) groups excluding carboxylic acids is 2.